The summed E-state index contributed by atoms with van der Waals surface area (Å²) in [5.41, 5.74) is -0.830. The lowest BCUT2D eigenvalue weighted by Gasteiger charge is -2.32. The van der Waals surface area contributed by atoms with Gasteiger partial charge >= 0.3 is 5.97 Å². The first-order chi connectivity index (χ1) is 8.60. The zero-order valence-corrected chi connectivity index (χ0v) is 11.0. The maximum Gasteiger partial charge on any atom is 0.310 e. The molecule has 0 radical (unpaired) electrons. The molecule has 0 spiro atoms. The van der Waals surface area contributed by atoms with Crippen LogP contribution in [-0.4, -0.2) is 37.2 Å². The number of carboxylic acid groups (broad SMARTS) is 1. The van der Waals surface area contributed by atoms with Crippen molar-refractivity contribution in [2.45, 2.75) is 44.9 Å². The Labute approximate surface area is 108 Å². The van der Waals surface area contributed by atoms with Crippen molar-refractivity contribution in [3.8, 4) is 0 Å². The van der Waals surface area contributed by atoms with Crippen molar-refractivity contribution in [1.29, 1.82) is 0 Å². The smallest absolute Gasteiger partial charge is 0.310 e. The van der Waals surface area contributed by atoms with Gasteiger partial charge in [-0.25, -0.2) is 0 Å². The second-order valence-corrected chi connectivity index (χ2v) is 5.02. The van der Waals surface area contributed by atoms with E-state index in [9.17, 15) is 14.7 Å². The van der Waals surface area contributed by atoms with Gasteiger partial charge in [0.15, 0.2) is 0 Å². The van der Waals surface area contributed by atoms with Crippen LogP contribution >= 0.6 is 0 Å². The molecule has 5 nitrogen and oxygen atoms in total. The van der Waals surface area contributed by atoms with Crippen LogP contribution in [0.4, 0.5) is 0 Å². The lowest BCUT2D eigenvalue weighted by Crippen LogP contribution is -2.39. The Morgan fingerprint density at radius 2 is 1.94 bits per heavy atom. The summed E-state index contributed by atoms with van der Waals surface area (Å²) in [6, 6.07) is 0. The van der Waals surface area contributed by atoms with Crippen LogP contribution in [0.3, 0.4) is 0 Å². The molecule has 0 aromatic carbocycles. The van der Waals surface area contributed by atoms with Gasteiger partial charge in [0.2, 0.25) is 5.91 Å². The monoisotopic (exact) mass is 257 g/mol. The van der Waals surface area contributed by atoms with E-state index >= 15 is 0 Å². The van der Waals surface area contributed by atoms with Crippen molar-refractivity contribution in [3.05, 3.63) is 0 Å². The highest BCUT2D eigenvalue weighted by Crippen LogP contribution is 2.39. The van der Waals surface area contributed by atoms with E-state index in [2.05, 4.69) is 5.32 Å². The molecule has 1 rings (SSSR count). The van der Waals surface area contributed by atoms with E-state index in [1.165, 1.54) is 0 Å². The van der Waals surface area contributed by atoms with Crippen molar-refractivity contribution in [3.63, 3.8) is 0 Å². The molecule has 18 heavy (non-hydrogen) atoms. The molecular formula is C13H23NO4. The van der Waals surface area contributed by atoms with Gasteiger partial charge in [-0.05, 0) is 19.3 Å². The van der Waals surface area contributed by atoms with Crippen LogP contribution in [-0.2, 0) is 14.3 Å². The molecule has 0 heterocycles. The van der Waals surface area contributed by atoms with Gasteiger partial charge in [0, 0.05) is 26.7 Å². The highest BCUT2D eigenvalue weighted by molar-refractivity contribution is 5.85. The van der Waals surface area contributed by atoms with Gasteiger partial charge in [-0.2, -0.15) is 0 Å². The normalized spacial score (nSPS) is 18.3. The van der Waals surface area contributed by atoms with E-state index in [0.29, 0.717) is 26.0 Å². The van der Waals surface area contributed by atoms with Gasteiger partial charge in [-0.3, -0.25) is 9.59 Å². The Bertz CT molecular complexity index is 285. The molecule has 104 valence electrons. The lowest BCUT2D eigenvalue weighted by atomic mass is 9.71. The zero-order valence-electron chi connectivity index (χ0n) is 11.0. The number of carboxylic acids is 1. The van der Waals surface area contributed by atoms with Crippen molar-refractivity contribution < 1.29 is 19.4 Å². The summed E-state index contributed by atoms with van der Waals surface area (Å²) in [5, 5.41) is 12.1. The highest BCUT2D eigenvalue weighted by atomic mass is 16.5. The fourth-order valence-corrected chi connectivity index (χ4v) is 2.51. The molecule has 0 unspecified atom stereocenters. The first-order valence-electron chi connectivity index (χ1n) is 6.60. The summed E-state index contributed by atoms with van der Waals surface area (Å²) in [7, 11) is 1.61. The number of hydrogen-bond acceptors (Lipinski definition) is 3. The van der Waals surface area contributed by atoms with Gasteiger partial charge < -0.3 is 15.2 Å². The summed E-state index contributed by atoms with van der Waals surface area (Å²) < 4.78 is 4.89. The Hall–Kier alpha value is -1.10. The summed E-state index contributed by atoms with van der Waals surface area (Å²) in [4.78, 5) is 23.2. The predicted octanol–water partition coefficient (Wildman–Crippen LogP) is 1.56. The van der Waals surface area contributed by atoms with E-state index in [-0.39, 0.29) is 12.3 Å². The lowest BCUT2D eigenvalue weighted by molar-refractivity contribution is -0.154. The third kappa shape index (κ3) is 4.29. The third-order valence-corrected chi connectivity index (χ3v) is 3.61. The number of nitrogens with one attached hydrogen (secondary N) is 1. The minimum absolute atomic E-state index is 0.106. The molecule has 0 aromatic heterocycles. The van der Waals surface area contributed by atoms with Crippen LogP contribution < -0.4 is 5.32 Å². The average Bonchev–Trinajstić information content (AvgIpc) is 2.35. The summed E-state index contributed by atoms with van der Waals surface area (Å²) in [6.45, 7) is 1.15. The molecule has 1 aliphatic rings. The second-order valence-electron chi connectivity index (χ2n) is 5.02. The molecule has 5 heteroatoms. The number of aliphatic carboxylic acids is 1. The van der Waals surface area contributed by atoms with Crippen LogP contribution in [0.5, 0.6) is 0 Å². The van der Waals surface area contributed by atoms with E-state index in [1.54, 1.807) is 7.11 Å². The van der Waals surface area contributed by atoms with Crippen LogP contribution in [0.25, 0.3) is 0 Å². The maximum atomic E-state index is 11.8. The second kappa shape index (κ2) is 7.36. The molecule has 1 amide bonds. The Balaban J connectivity index is 2.41. The highest BCUT2D eigenvalue weighted by Gasteiger charge is 2.41. The minimum Gasteiger partial charge on any atom is -0.481 e. The Morgan fingerprint density at radius 3 is 2.50 bits per heavy atom. The minimum atomic E-state index is -0.830. The quantitative estimate of drug-likeness (QED) is 0.679. The number of rotatable bonds is 7. The SMILES string of the molecule is COCCCNC(=O)CC1(C(=O)O)CCCCC1. The molecular weight excluding hydrogens is 234 g/mol. The standard InChI is InChI=1S/C13H23NO4/c1-18-9-5-8-14-11(15)10-13(12(16)17)6-3-2-4-7-13/h2-10H2,1H3,(H,14,15)(H,16,17). The van der Waals surface area contributed by atoms with Crippen molar-refractivity contribution in [2.24, 2.45) is 5.41 Å². The number of methoxy groups -OCH3 is 1. The van der Waals surface area contributed by atoms with Gasteiger partial charge in [0.25, 0.3) is 0 Å². The number of carbonyl (C=O) groups excluding carboxylic acids is 1. The van der Waals surface area contributed by atoms with Crippen LogP contribution in [0.15, 0.2) is 0 Å². The summed E-state index contributed by atoms with van der Waals surface area (Å²) in [6.07, 6.45) is 4.98. The molecule has 1 saturated carbocycles. The third-order valence-electron chi connectivity index (χ3n) is 3.61. The largest absolute Gasteiger partial charge is 0.481 e. The fourth-order valence-electron chi connectivity index (χ4n) is 2.51. The summed E-state index contributed by atoms with van der Waals surface area (Å²) >= 11 is 0. The maximum absolute atomic E-state index is 11.8. The van der Waals surface area contributed by atoms with Crippen molar-refractivity contribution in [2.75, 3.05) is 20.3 Å². The first kappa shape index (κ1) is 15.0. The first-order valence-corrected chi connectivity index (χ1v) is 6.60. The molecule has 1 aliphatic carbocycles. The molecule has 0 bridgehead atoms. The Morgan fingerprint density at radius 1 is 1.28 bits per heavy atom. The fraction of sp³-hybridized carbons (Fsp3) is 0.846. The summed E-state index contributed by atoms with van der Waals surface area (Å²) in [5.74, 6) is -0.982. The van der Waals surface area contributed by atoms with Gasteiger partial charge in [-0.1, -0.05) is 19.3 Å². The van der Waals surface area contributed by atoms with Crippen molar-refractivity contribution in [1.82, 2.24) is 5.32 Å². The van der Waals surface area contributed by atoms with Gasteiger partial charge in [-0.15, -0.1) is 0 Å². The average molecular weight is 257 g/mol. The number of hydrogen-bond donors (Lipinski definition) is 2. The topological polar surface area (TPSA) is 75.6 Å². The molecule has 0 aliphatic heterocycles. The van der Waals surface area contributed by atoms with E-state index in [1.807, 2.05) is 0 Å². The van der Waals surface area contributed by atoms with Crippen LogP contribution in [0.2, 0.25) is 0 Å². The molecule has 0 atom stereocenters. The van der Waals surface area contributed by atoms with Gasteiger partial charge in [0.05, 0.1) is 5.41 Å². The van der Waals surface area contributed by atoms with Crippen LogP contribution in [0.1, 0.15) is 44.9 Å². The zero-order chi connectivity index (χ0) is 13.4. The van der Waals surface area contributed by atoms with E-state index < -0.39 is 11.4 Å². The number of amides is 1. The number of carbonyl (C=O) groups is 2. The molecule has 0 aromatic rings. The Kier molecular flexibility index (Phi) is 6.12. The van der Waals surface area contributed by atoms with Crippen LogP contribution in [0, 0.1) is 5.41 Å². The molecule has 0 saturated heterocycles. The van der Waals surface area contributed by atoms with Crippen molar-refractivity contribution >= 4 is 11.9 Å². The van der Waals surface area contributed by atoms with E-state index in [0.717, 1.165) is 25.7 Å². The molecule has 1 fully saturated rings. The van der Waals surface area contributed by atoms with Gasteiger partial charge in [0.1, 0.15) is 0 Å². The van der Waals surface area contributed by atoms with E-state index in [4.69, 9.17) is 4.74 Å². The molecule has 2 N–H and O–H groups in total. The predicted molar refractivity (Wildman–Crippen MR) is 67.3 cm³/mol. The number of ether oxygens (including phenoxy) is 1.